The summed E-state index contributed by atoms with van der Waals surface area (Å²) < 4.78 is 45.8. The number of phenols is 1. The van der Waals surface area contributed by atoms with Gasteiger partial charge in [0.25, 0.3) is 6.43 Å². The van der Waals surface area contributed by atoms with Crippen LogP contribution in [0.4, 0.5) is 13.2 Å². The average molecular weight is 369 g/mol. The van der Waals surface area contributed by atoms with E-state index in [0.29, 0.717) is 0 Å². The molecule has 130 valence electrons. The molecule has 2 unspecified atom stereocenters. The first-order valence-electron chi connectivity index (χ1n) is 6.91. The van der Waals surface area contributed by atoms with Crippen molar-refractivity contribution < 1.29 is 33.2 Å². The van der Waals surface area contributed by atoms with Crippen LogP contribution in [-0.4, -0.2) is 20.8 Å². The molecule has 1 aliphatic rings. The van der Waals surface area contributed by atoms with Crippen molar-refractivity contribution in [2.24, 2.45) is 0 Å². The Hall–Kier alpha value is -2.41. The van der Waals surface area contributed by atoms with Crippen molar-refractivity contribution in [3.63, 3.8) is 0 Å². The molecule has 5 nitrogen and oxygen atoms in total. The van der Waals surface area contributed by atoms with Gasteiger partial charge in [0.1, 0.15) is 23.1 Å². The lowest BCUT2D eigenvalue weighted by Gasteiger charge is -2.18. The van der Waals surface area contributed by atoms with E-state index in [1.807, 2.05) is 0 Å². The molecule has 3 rings (SSSR count). The van der Waals surface area contributed by atoms with Crippen molar-refractivity contribution in [2.45, 2.75) is 22.9 Å². The maximum absolute atomic E-state index is 13.6. The quantitative estimate of drug-likeness (QED) is 0.766. The van der Waals surface area contributed by atoms with Gasteiger partial charge in [-0.1, -0.05) is 11.8 Å². The van der Waals surface area contributed by atoms with E-state index >= 15 is 0 Å². The van der Waals surface area contributed by atoms with Crippen molar-refractivity contribution in [3.8, 4) is 23.3 Å². The SMILES string of the molecule is N#Cc1cc(F)cc(Oc2c(O)cc3c(c2C(F)F)C(O)C(O)S3)c1. The Morgan fingerprint density at radius 2 is 1.92 bits per heavy atom. The number of halogens is 3. The number of hydrogen-bond acceptors (Lipinski definition) is 6. The minimum Gasteiger partial charge on any atom is -0.504 e. The molecule has 2 aromatic carbocycles. The third-order valence-electron chi connectivity index (χ3n) is 3.55. The Morgan fingerprint density at radius 1 is 1.20 bits per heavy atom. The normalized spacial score (nSPS) is 18.9. The average Bonchev–Trinajstić information content (AvgIpc) is 2.81. The smallest absolute Gasteiger partial charge is 0.267 e. The largest absolute Gasteiger partial charge is 0.504 e. The molecule has 1 heterocycles. The molecule has 9 heteroatoms. The highest BCUT2D eigenvalue weighted by Crippen LogP contribution is 2.53. The van der Waals surface area contributed by atoms with Crippen LogP contribution in [0.5, 0.6) is 17.2 Å². The summed E-state index contributed by atoms with van der Waals surface area (Å²) in [6.07, 6.45) is -4.73. The molecular weight excluding hydrogens is 359 g/mol. The lowest BCUT2D eigenvalue weighted by atomic mass is 10.0. The van der Waals surface area contributed by atoms with Gasteiger partial charge in [-0.25, -0.2) is 13.2 Å². The molecule has 0 radical (unpaired) electrons. The fourth-order valence-corrected chi connectivity index (χ4v) is 3.59. The molecule has 2 aromatic rings. The minimum atomic E-state index is -3.14. The number of nitrogens with zero attached hydrogens (tertiary/aromatic N) is 1. The number of alkyl halides is 2. The number of phenolic OH excluding ortho intramolecular Hbond substituents is 1. The van der Waals surface area contributed by atoms with E-state index in [4.69, 9.17) is 10.00 Å². The number of nitriles is 1. The molecule has 2 atom stereocenters. The zero-order valence-corrected chi connectivity index (χ0v) is 13.1. The van der Waals surface area contributed by atoms with Crippen LogP contribution in [0.1, 0.15) is 29.2 Å². The van der Waals surface area contributed by atoms with E-state index in [2.05, 4.69) is 0 Å². The molecule has 0 saturated carbocycles. The van der Waals surface area contributed by atoms with Crippen LogP contribution in [0.2, 0.25) is 0 Å². The molecule has 0 fully saturated rings. The summed E-state index contributed by atoms with van der Waals surface area (Å²) in [6, 6.07) is 5.68. The van der Waals surface area contributed by atoms with Gasteiger partial charge in [-0.2, -0.15) is 5.26 Å². The topological polar surface area (TPSA) is 93.7 Å². The molecule has 0 amide bonds. The number of aromatic hydroxyl groups is 1. The summed E-state index contributed by atoms with van der Waals surface area (Å²) in [5.74, 6) is -2.42. The monoisotopic (exact) mass is 369 g/mol. The van der Waals surface area contributed by atoms with E-state index < -0.39 is 40.8 Å². The Morgan fingerprint density at radius 3 is 2.56 bits per heavy atom. The number of ether oxygens (including phenoxy) is 1. The summed E-state index contributed by atoms with van der Waals surface area (Å²) in [7, 11) is 0. The Bertz CT molecular complexity index is 885. The van der Waals surface area contributed by atoms with Gasteiger partial charge in [-0.15, -0.1) is 0 Å². The van der Waals surface area contributed by atoms with Crippen LogP contribution >= 0.6 is 11.8 Å². The first-order valence-corrected chi connectivity index (χ1v) is 7.79. The summed E-state index contributed by atoms with van der Waals surface area (Å²) in [4.78, 5) is 0.0945. The van der Waals surface area contributed by atoms with Crippen LogP contribution in [-0.2, 0) is 0 Å². The first-order chi connectivity index (χ1) is 11.8. The minimum absolute atomic E-state index is 0.0945. The van der Waals surface area contributed by atoms with Crippen LogP contribution in [0.15, 0.2) is 29.2 Å². The molecule has 25 heavy (non-hydrogen) atoms. The van der Waals surface area contributed by atoms with Crippen molar-refractivity contribution in [3.05, 3.63) is 46.8 Å². The summed E-state index contributed by atoms with van der Waals surface area (Å²) in [5, 5.41) is 38.5. The molecule has 0 aliphatic carbocycles. The predicted octanol–water partition coefficient (Wildman–Crippen LogP) is 3.59. The Labute approximate surface area is 143 Å². The summed E-state index contributed by atoms with van der Waals surface area (Å²) in [5.41, 5.74) is -2.51. The van der Waals surface area contributed by atoms with E-state index in [1.165, 1.54) is 0 Å². The van der Waals surface area contributed by atoms with Crippen molar-refractivity contribution in [1.29, 1.82) is 5.26 Å². The van der Waals surface area contributed by atoms with Crippen molar-refractivity contribution in [2.75, 3.05) is 0 Å². The number of benzene rings is 2. The van der Waals surface area contributed by atoms with Gasteiger partial charge in [-0.3, -0.25) is 0 Å². The van der Waals surface area contributed by atoms with E-state index in [-0.39, 0.29) is 21.8 Å². The van der Waals surface area contributed by atoms with E-state index in [9.17, 15) is 28.5 Å². The van der Waals surface area contributed by atoms with Crippen LogP contribution in [0.25, 0.3) is 0 Å². The van der Waals surface area contributed by atoms with Crippen LogP contribution < -0.4 is 4.74 Å². The second-order valence-electron chi connectivity index (χ2n) is 5.19. The lowest BCUT2D eigenvalue weighted by molar-refractivity contribution is 0.0710. The van der Waals surface area contributed by atoms with Crippen molar-refractivity contribution in [1.82, 2.24) is 0 Å². The van der Waals surface area contributed by atoms with Crippen LogP contribution in [0, 0.1) is 17.1 Å². The van der Waals surface area contributed by atoms with Gasteiger partial charge in [0.05, 0.1) is 17.2 Å². The highest BCUT2D eigenvalue weighted by Gasteiger charge is 2.38. The Balaban J connectivity index is 2.14. The Kier molecular flexibility index (Phi) is 4.51. The number of thioether (sulfide) groups is 1. The molecule has 0 bridgehead atoms. The maximum atomic E-state index is 13.6. The zero-order valence-electron chi connectivity index (χ0n) is 12.3. The van der Waals surface area contributed by atoms with Gasteiger partial charge in [0.15, 0.2) is 11.5 Å². The van der Waals surface area contributed by atoms with Gasteiger partial charge >= 0.3 is 0 Å². The third kappa shape index (κ3) is 3.11. The molecule has 3 N–H and O–H groups in total. The number of aliphatic hydroxyl groups is 2. The second-order valence-corrected chi connectivity index (χ2v) is 6.35. The third-order valence-corrected chi connectivity index (χ3v) is 4.64. The number of rotatable bonds is 3. The van der Waals surface area contributed by atoms with Gasteiger partial charge in [-0.05, 0) is 18.2 Å². The predicted molar refractivity (Wildman–Crippen MR) is 81.1 cm³/mol. The number of aliphatic hydroxyl groups excluding tert-OH is 2. The fraction of sp³-hybridized carbons (Fsp3) is 0.188. The highest BCUT2D eigenvalue weighted by molar-refractivity contribution is 8.00. The van der Waals surface area contributed by atoms with Crippen molar-refractivity contribution >= 4 is 11.8 Å². The van der Waals surface area contributed by atoms with E-state index in [0.717, 1.165) is 36.0 Å². The zero-order chi connectivity index (χ0) is 18.3. The summed E-state index contributed by atoms with van der Waals surface area (Å²) in [6.45, 7) is 0. The fourth-order valence-electron chi connectivity index (χ4n) is 2.53. The van der Waals surface area contributed by atoms with Gasteiger partial charge in [0, 0.05) is 16.5 Å². The first kappa shape index (κ1) is 17.4. The molecule has 1 aliphatic heterocycles. The van der Waals surface area contributed by atoms with Crippen LogP contribution in [0.3, 0.4) is 0 Å². The molecular formula is C16H10F3NO4S. The highest BCUT2D eigenvalue weighted by atomic mass is 32.2. The molecule has 0 spiro atoms. The number of fused-ring (bicyclic) bond motifs is 1. The van der Waals surface area contributed by atoms with Gasteiger partial charge in [0.2, 0.25) is 0 Å². The maximum Gasteiger partial charge on any atom is 0.267 e. The number of hydrogen-bond donors (Lipinski definition) is 3. The van der Waals surface area contributed by atoms with E-state index in [1.54, 1.807) is 6.07 Å². The lowest BCUT2D eigenvalue weighted by Crippen LogP contribution is -2.10. The standard InChI is InChI=1S/C16H10F3NO4S/c17-7-1-6(5-20)2-8(3-7)24-14-9(21)4-10-11(12(14)15(18)19)13(22)16(23)25-10/h1-4,13,15-16,21-23H. The molecule has 0 aromatic heterocycles. The summed E-state index contributed by atoms with van der Waals surface area (Å²) >= 11 is 0.722. The van der Waals surface area contributed by atoms with Gasteiger partial charge < -0.3 is 20.1 Å². The molecule has 0 saturated heterocycles. The second kappa shape index (κ2) is 6.48.